The molecular weight excluding hydrogens is 172 g/mol. The van der Waals surface area contributed by atoms with Gasteiger partial charge in [0.2, 0.25) is 0 Å². The quantitative estimate of drug-likeness (QED) is 0.648. The summed E-state index contributed by atoms with van der Waals surface area (Å²) in [5.74, 6) is -0.0891. The van der Waals surface area contributed by atoms with E-state index < -0.39 is 6.37 Å². The van der Waals surface area contributed by atoms with Gasteiger partial charge < -0.3 is 0 Å². The first-order valence-corrected chi connectivity index (χ1v) is 4.57. The van der Waals surface area contributed by atoms with Crippen LogP contribution in [0.25, 0.3) is 0 Å². The molecule has 14 heavy (non-hydrogen) atoms. The van der Waals surface area contributed by atoms with Gasteiger partial charge in [-0.1, -0.05) is 48.6 Å². The van der Waals surface area contributed by atoms with Crippen LogP contribution in [0.3, 0.4) is 0 Å². The molecule has 0 saturated carbocycles. The molecule has 1 aliphatic carbocycles. The normalized spacial score (nSPS) is 20.7. The molecule has 0 aromatic heterocycles. The lowest BCUT2D eigenvalue weighted by Crippen LogP contribution is -2.04. The molecule has 0 amide bonds. The van der Waals surface area contributed by atoms with Crippen LogP contribution in [0.15, 0.2) is 54.1 Å². The van der Waals surface area contributed by atoms with Crippen molar-refractivity contribution in [2.45, 2.75) is 12.8 Å². The SMILES string of the molecule is [2H]C1([2H])C=CC=C(C(=O)c2ccccc2)C1. The maximum Gasteiger partial charge on any atom is 0.189 e. The highest BCUT2D eigenvalue weighted by Crippen LogP contribution is 2.16. The van der Waals surface area contributed by atoms with Crippen molar-refractivity contribution in [3.05, 3.63) is 59.7 Å². The summed E-state index contributed by atoms with van der Waals surface area (Å²) in [5, 5.41) is 0. The van der Waals surface area contributed by atoms with E-state index in [1.165, 1.54) is 6.08 Å². The van der Waals surface area contributed by atoms with Gasteiger partial charge >= 0.3 is 0 Å². The Labute approximate surface area is 86.6 Å². The number of ketones is 1. The summed E-state index contributed by atoms with van der Waals surface area (Å²) < 4.78 is 15.2. The second kappa shape index (κ2) is 4.05. The zero-order valence-corrected chi connectivity index (χ0v) is 7.73. The molecule has 1 nitrogen and oxygen atoms in total. The third-order valence-corrected chi connectivity index (χ3v) is 2.13. The summed E-state index contributed by atoms with van der Waals surface area (Å²) in [4.78, 5) is 12.0. The second-order valence-electron chi connectivity index (χ2n) is 3.13. The molecule has 0 saturated heterocycles. The molecule has 70 valence electrons. The van der Waals surface area contributed by atoms with E-state index in [9.17, 15) is 4.79 Å². The number of hydrogen-bond acceptors (Lipinski definition) is 1. The van der Waals surface area contributed by atoms with E-state index in [4.69, 9.17) is 2.74 Å². The Morgan fingerprint density at radius 3 is 2.79 bits per heavy atom. The second-order valence-corrected chi connectivity index (χ2v) is 3.13. The Hall–Kier alpha value is -1.63. The van der Waals surface area contributed by atoms with E-state index >= 15 is 0 Å². The van der Waals surface area contributed by atoms with Crippen LogP contribution in [0.5, 0.6) is 0 Å². The van der Waals surface area contributed by atoms with Crippen LogP contribution in [0, 0.1) is 0 Å². The van der Waals surface area contributed by atoms with Crippen molar-refractivity contribution >= 4 is 5.78 Å². The molecule has 0 fully saturated rings. The van der Waals surface area contributed by atoms with Crippen molar-refractivity contribution in [2.75, 3.05) is 0 Å². The maximum absolute atomic E-state index is 12.0. The summed E-state index contributed by atoms with van der Waals surface area (Å²) in [6.07, 6.45) is 3.52. The number of carbonyl (C=O) groups is 1. The third kappa shape index (κ3) is 1.82. The average molecular weight is 186 g/mol. The van der Waals surface area contributed by atoms with E-state index in [1.54, 1.807) is 36.4 Å². The van der Waals surface area contributed by atoms with Gasteiger partial charge in [-0.15, -0.1) is 0 Å². The number of Topliss-reactive ketones (excluding diaryl/α,β-unsaturated/α-hetero) is 1. The van der Waals surface area contributed by atoms with Crippen molar-refractivity contribution in [1.82, 2.24) is 0 Å². The van der Waals surface area contributed by atoms with Gasteiger partial charge in [-0.3, -0.25) is 4.79 Å². The molecule has 1 aromatic carbocycles. The fourth-order valence-electron chi connectivity index (χ4n) is 1.39. The molecule has 0 bridgehead atoms. The lowest BCUT2D eigenvalue weighted by molar-refractivity contribution is 0.103. The summed E-state index contributed by atoms with van der Waals surface area (Å²) in [7, 11) is 0. The first kappa shape index (κ1) is 6.77. The maximum atomic E-state index is 12.0. The first-order chi connectivity index (χ1) is 7.58. The first-order valence-electron chi connectivity index (χ1n) is 5.57. The van der Waals surface area contributed by atoms with Crippen LogP contribution < -0.4 is 0 Å². The smallest absolute Gasteiger partial charge is 0.189 e. The van der Waals surface area contributed by atoms with E-state index in [1.807, 2.05) is 6.07 Å². The highest BCUT2D eigenvalue weighted by molar-refractivity contribution is 6.08. The number of hydrogen-bond donors (Lipinski definition) is 0. The van der Waals surface area contributed by atoms with Crippen LogP contribution in [0.1, 0.15) is 25.9 Å². The molecule has 0 unspecified atom stereocenters. The zero-order chi connectivity index (χ0) is 11.6. The molecule has 1 aliphatic rings. The van der Waals surface area contributed by atoms with Crippen LogP contribution in [-0.2, 0) is 0 Å². The Morgan fingerprint density at radius 1 is 1.29 bits per heavy atom. The lowest BCUT2D eigenvalue weighted by atomic mass is 9.96. The number of rotatable bonds is 2. The minimum absolute atomic E-state index is 0.0891. The fraction of sp³-hybridized carbons (Fsp3) is 0.154. The van der Waals surface area contributed by atoms with Gasteiger partial charge in [0.15, 0.2) is 5.78 Å². The van der Waals surface area contributed by atoms with Gasteiger partial charge in [0.05, 0.1) is 0 Å². The molecule has 0 aliphatic heterocycles. The van der Waals surface area contributed by atoms with E-state index in [-0.39, 0.29) is 12.2 Å². The molecular formula is C13H12O. The van der Waals surface area contributed by atoms with E-state index in [0.717, 1.165) is 0 Å². The largest absolute Gasteiger partial charge is 0.289 e. The molecule has 0 atom stereocenters. The van der Waals surface area contributed by atoms with Crippen LogP contribution in [0.4, 0.5) is 0 Å². The van der Waals surface area contributed by atoms with E-state index in [0.29, 0.717) is 11.1 Å². The summed E-state index contributed by atoms with van der Waals surface area (Å²) in [6, 6.07) is 8.96. The zero-order valence-electron chi connectivity index (χ0n) is 9.73. The summed E-state index contributed by atoms with van der Waals surface area (Å²) in [5.41, 5.74) is 1.14. The Kier molecular flexibility index (Phi) is 1.96. The Balaban J connectivity index is 2.25. The summed E-state index contributed by atoms with van der Waals surface area (Å²) in [6.45, 7) is 0. The van der Waals surface area contributed by atoms with Crippen molar-refractivity contribution in [3.63, 3.8) is 0 Å². The van der Waals surface area contributed by atoms with Gasteiger partial charge in [-0.2, -0.15) is 0 Å². The van der Waals surface area contributed by atoms with E-state index in [2.05, 4.69) is 0 Å². The summed E-state index contributed by atoms with van der Waals surface area (Å²) >= 11 is 0. The van der Waals surface area contributed by atoms with Crippen LogP contribution in [0.2, 0.25) is 0 Å². The fourth-order valence-corrected chi connectivity index (χ4v) is 1.39. The lowest BCUT2D eigenvalue weighted by Gasteiger charge is -2.07. The predicted octanol–water partition coefficient (Wildman–Crippen LogP) is 3.15. The molecule has 2 rings (SSSR count). The highest BCUT2D eigenvalue weighted by Gasteiger charge is 2.11. The Morgan fingerprint density at radius 2 is 2.07 bits per heavy atom. The number of allylic oxidation sites excluding steroid dienone is 4. The molecule has 1 heteroatoms. The van der Waals surface area contributed by atoms with Gasteiger partial charge in [-0.25, -0.2) is 0 Å². The monoisotopic (exact) mass is 186 g/mol. The standard InChI is InChI=1S/C13H12O/c14-13(11-7-3-1-4-8-11)12-9-5-2-6-10-12/h1-5,7-9H,6,10H2/i6D2. The topological polar surface area (TPSA) is 17.1 Å². The molecule has 0 N–H and O–H groups in total. The minimum Gasteiger partial charge on any atom is -0.289 e. The number of benzene rings is 1. The average Bonchev–Trinajstić information content (AvgIpc) is 2.28. The molecule has 0 heterocycles. The van der Waals surface area contributed by atoms with Gasteiger partial charge in [-0.05, 0) is 12.8 Å². The molecule has 1 aromatic rings. The highest BCUT2D eigenvalue weighted by atomic mass is 16.1. The number of carbonyl (C=O) groups excluding carboxylic acids is 1. The Bertz CT molecular complexity index is 458. The van der Waals surface area contributed by atoms with Crippen molar-refractivity contribution in [1.29, 1.82) is 0 Å². The minimum atomic E-state index is -1.41. The van der Waals surface area contributed by atoms with Crippen LogP contribution >= 0.6 is 0 Å². The molecule has 0 spiro atoms. The van der Waals surface area contributed by atoms with Crippen molar-refractivity contribution in [3.8, 4) is 0 Å². The predicted molar refractivity (Wildman–Crippen MR) is 57.2 cm³/mol. The third-order valence-electron chi connectivity index (χ3n) is 2.13. The van der Waals surface area contributed by atoms with Gasteiger partial charge in [0.1, 0.15) is 0 Å². The van der Waals surface area contributed by atoms with Crippen LogP contribution in [-0.4, -0.2) is 5.78 Å². The molecule has 0 radical (unpaired) electrons. The van der Waals surface area contributed by atoms with Crippen molar-refractivity contribution in [2.24, 2.45) is 0 Å². The van der Waals surface area contributed by atoms with Gasteiger partial charge in [0, 0.05) is 13.9 Å². The van der Waals surface area contributed by atoms with Gasteiger partial charge in [0.25, 0.3) is 0 Å². The van der Waals surface area contributed by atoms with Crippen molar-refractivity contribution < 1.29 is 7.54 Å².